The summed E-state index contributed by atoms with van der Waals surface area (Å²) in [7, 11) is 0. The van der Waals surface area contributed by atoms with Crippen molar-refractivity contribution in [2.45, 2.75) is 19.3 Å². The van der Waals surface area contributed by atoms with Crippen LogP contribution in [0.15, 0.2) is 462 Å². The fraction of sp³-hybridized carbons (Fsp3) is 0.0233. The molecule has 0 atom stereocenters. The van der Waals surface area contributed by atoms with E-state index in [9.17, 15) is 0 Å². The monoisotopic (exact) mass is 1850 g/mol. The molecular formula is C129H80N10O3S. The van der Waals surface area contributed by atoms with Crippen molar-refractivity contribution in [2.75, 3.05) is 0 Å². The molecule has 0 fully saturated rings. The van der Waals surface area contributed by atoms with Gasteiger partial charge in [0.1, 0.15) is 50.4 Å². The van der Waals surface area contributed by atoms with Crippen molar-refractivity contribution in [3.8, 4) is 102 Å². The molecule has 14 heteroatoms. The van der Waals surface area contributed by atoms with Crippen LogP contribution in [0, 0.1) is 0 Å². The zero-order valence-electron chi connectivity index (χ0n) is 77.3. The van der Waals surface area contributed by atoms with Crippen molar-refractivity contribution in [2.24, 2.45) is 0 Å². The third kappa shape index (κ3) is 12.7. The average Bonchev–Trinajstić information content (AvgIpc) is 1.55. The Morgan fingerprint density at radius 3 is 0.958 bits per heavy atom. The van der Waals surface area contributed by atoms with Gasteiger partial charge in [-0.05, 0) is 174 Å². The number of furan rings is 3. The SMILES string of the molecule is CC1(C)c2ccccc2-c2cc3c4ccccc4n(-c4ccccc4-c4nc(-c5ccccc5)c5oc6ccccc6c5n4)c3cc21.c1ccc(-c2nc(-c3ccccc3-n3c4ccccc4c4cc5c(cc43)sc3ccccc35)nc3c2oc2ccccc23)cc1.c1ccc(-c2nc(-c3ccccc3-n3c4ccccc4c4cc5c6ccccc6n(-c6ccccc6)c5cc43)nc3c2oc2ccccc23)cc1. The molecule has 13 nitrogen and oxygen atoms in total. The summed E-state index contributed by atoms with van der Waals surface area (Å²) in [4.78, 5) is 31.5. The smallest absolute Gasteiger partial charge is 0.180 e. The Morgan fingerprint density at radius 1 is 0.210 bits per heavy atom. The fourth-order valence-corrected chi connectivity index (χ4v) is 23.6. The molecule has 1 aliphatic carbocycles. The van der Waals surface area contributed by atoms with Gasteiger partial charge in [0.05, 0.1) is 61.2 Å². The molecule has 31 rings (SSSR count). The molecule has 0 radical (unpaired) electrons. The maximum atomic E-state index is 6.43. The molecule has 0 aliphatic heterocycles. The Morgan fingerprint density at radius 2 is 0.524 bits per heavy atom. The summed E-state index contributed by atoms with van der Waals surface area (Å²) < 4.78 is 31.3. The first-order valence-electron chi connectivity index (χ1n) is 48.3. The van der Waals surface area contributed by atoms with Gasteiger partial charge >= 0.3 is 0 Å². The van der Waals surface area contributed by atoms with Crippen LogP contribution >= 0.6 is 11.3 Å². The number of nitrogens with zero attached hydrogens (tertiary/aromatic N) is 10. The second-order valence-corrected chi connectivity index (χ2v) is 38.4. The quantitative estimate of drug-likeness (QED) is 0.131. The van der Waals surface area contributed by atoms with E-state index in [1.54, 1.807) is 0 Å². The lowest BCUT2D eigenvalue weighted by Crippen LogP contribution is -2.15. The van der Waals surface area contributed by atoms with E-state index in [2.05, 4.69) is 372 Å². The average molecular weight is 1850 g/mol. The van der Waals surface area contributed by atoms with Crippen molar-refractivity contribution >= 4 is 185 Å². The minimum atomic E-state index is -0.109. The number of thiophene rings is 1. The Balaban J connectivity index is 0.000000102. The largest absolute Gasteiger partial charge is 0.452 e. The maximum Gasteiger partial charge on any atom is 0.180 e. The van der Waals surface area contributed by atoms with E-state index in [1.807, 2.05) is 121 Å². The van der Waals surface area contributed by atoms with E-state index in [0.29, 0.717) is 34.2 Å². The van der Waals surface area contributed by atoms with Crippen LogP contribution in [-0.4, -0.2) is 48.2 Å². The summed E-state index contributed by atoms with van der Waals surface area (Å²) in [6.07, 6.45) is 0. The number of fused-ring (bicyclic) bond motifs is 27. The summed E-state index contributed by atoms with van der Waals surface area (Å²) in [6.45, 7) is 4.68. The lowest BCUT2D eigenvalue weighted by molar-refractivity contribution is 0.661. The summed E-state index contributed by atoms with van der Waals surface area (Å²) in [5.41, 5.74) is 33.8. The molecule has 143 heavy (non-hydrogen) atoms. The predicted molar refractivity (Wildman–Crippen MR) is 588 cm³/mol. The second-order valence-electron chi connectivity index (χ2n) is 37.3. The van der Waals surface area contributed by atoms with Gasteiger partial charge < -0.3 is 31.5 Å². The van der Waals surface area contributed by atoms with Crippen LogP contribution in [0.4, 0.5) is 0 Å². The summed E-state index contributed by atoms with van der Waals surface area (Å²) >= 11 is 1.85. The van der Waals surface area contributed by atoms with Gasteiger partial charge in [-0.3, -0.25) is 0 Å². The Kier molecular flexibility index (Phi) is 18.3. The van der Waals surface area contributed by atoms with Crippen LogP contribution in [0.3, 0.4) is 0 Å². The molecule has 30 aromatic rings. The number of hydrogen-bond acceptors (Lipinski definition) is 10. The Hall–Kier alpha value is -18.8. The van der Waals surface area contributed by atoms with Crippen LogP contribution in [0.25, 0.3) is 275 Å². The normalized spacial score (nSPS) is 12.5. The molecule has 0 N–H and O–H groups in total. The van der Waals surface area contributed by atoms with E-state index in [-0.39, 0.29) is 5.41 Å². The molecule has 19 aromatic carbocycles. The molecule has 670 valence electrons. The Bertz CT molecular complexity index is 10500. The molecule has 0 saturated heterocycles. The van der Waals surface area contributed by atoms with E-state index in [4.69, 9.17) is 43.2 Å². The Labute approximate surface area is 821 Å². The number of para-hydroxylation sites is 11. The molecular weight excluding hydrogens is 1770 g/mol. The van der Waals surface area contributed by atoms with Crippen LogP contribution in [0.2, 0.25) is 0 Å². The van der Waals surface area contributed by atoms with Gasteiger partial charge in [0.15, 0.2) is 34.2 Å². The van der Waals surface area contributed by atoms with E-state index in [1.165, 1.54) is 102 Å². The van der Waals surface area contributed by atoms with E-state index < -0.39 is 0 Å². The lowest BCUT2D eigenvalue weighted by atomic mass is 9.82. The molecule has 0 amide bonds. The topological polar surface area (TPSA) is 136 Å². The number of rotatable bonds is 10. The molecule has 0 saturated carbocycles. The summed E-state index contributed by atoms with van der Waals surface area (Å²) in [6, 6.07) is 158. The first-order chi connectivity index (χ1) is 70.7. The van der Waals surface area contributed by atoms with Crippen molar-refractivity contribution in [1.29, 1.82) is 0 Å². The molecule has 11 aromatic heterocycles. The van der Waals surface area contributed by atoms with Gasteiger partial charge in [0.2, 0.25) is 0 Å². The van der Waals surface area contributed by atoms with Crippen molar-refractivity contribution in [3.05, 3.63) is 460 Å². The number of aromatic nitrogens is 10. The summed E-state index contributed by atoms with van der Waals surface area (Å²) in [5, 5.41) is 15.3. The minimum absolute atomic E-state index is 0.109. The van der Waals surface area contributed by atoms with Gasteiger partial charge in [-0.15, -0.1) is 11.3 Å². The number of hydrogen-bond donors (Lipinski definition) is 0. The van der Waals surface area contributed by atoms with Crippen LogP contribution in [-0.2, 0) is 5.41 Å². The second kappa shape index (κ2) is 32.2. The van der Waals surface area contributed by atoms with Gasteiger partial charge in [-0.1, -0.05) is 311 Å². The van der Waals surface area contributed by atoms with Gasteiger partial charge in [0.25, 0.3) is 0 Å². The molecule has 0 unspecified atom stereocenters. The van der Waals surface area contributed by atoms with Crippen molar-refractivity contribution < 1.29 is 13.3 Å². The highest BCUT2D eigenvalue weighted by Crippen LogP contribution is 2.53. The standard InChI is InChI=1S/C46H28N4O.C43H29N3O.C40H23N3OS/c1-3-15-29(16-4-1)43-45-44(34-22-10-14-26-42(34)51-45)48-46(47-43)33-21-9-13-25-39(33)50-38-24-12-8-20-32(38)36-27-35-31-19-7-11-23-37(31)49(40(35)28-41(36)50)30-17-5-2-6-18-30;1-43(2)33-20-10-6-16-27(33)31-24-32-28-17-7-11-21-35(28)46(37(32)25-34(31)43)36-22-12-8-18-29(36)42-44-39(26-14-4-3-5-15-26)41-40(45-42)30-19-9-13-23-38(30)47-41;1-2-12-24(13-3-1)37-39-38(28-17-6-10-20-34(28)44-39)42-40(41-37)27-16-5-9-19-32(27)43-31-18-8-4-14-25(31)29-22-30-26-15-7-11-21-35(26)45-36(30)23-33(29)43/h1-28H;3-25H,1-2H3;1-23H. The van der Waals surface area contributed by atoms with Gasteiger partial charge in [-0.25, -0.2) is 29.9 Å². The summed E-state index contributed by atoms with van der Waals surface area (Å²) in [5.74, 6) is 1.98. The van der Waals surface area contributed by atoms with Crippen molar-refractivity contribution in [1.82, 2.24) is 48.2 Å². The lowest BCUT2D eigenvalue weighted by Gasteiger charge is -2.22. The first-order valence-corrected chi connectivity index (χ1v) is 49.1. The predicted octanol–water partition coefficient (Wildman–Crippen LogP) is 34.2. The fourth-order valence-electron chi connectivity index (χ4n) is 22.5. The minimum Gasteiger partial charge on any atom is -0.452 e. The third-order valence-electron chi connectivity index (χ3n) is 29.0. The molecule has 1 aliphatic rings. The highest BCUT2D eigenvalue weighted by Gasteiger charge is 2.37. The van der Waals surface area contributed by atoms with Crippen molar-refractivity contribution in [3.63, 3.8) is 0 Å². The molecule has 0 bridgehead atoms. The molecule has 0 spiro atoms. The van der Waals surface area contributed by atoms with Gasteiger partial charge in [0, 0.05) is 124 Å². The molecule has 11 heterocycles. The van der Waals surface area contributed by atoms with E-state index in [0.717, 1.165) is 150 Å². The zero-order valence-corrected chi connectivity index (χ0v) is 78.1. The maximum absolute atomic E-state index is 6.43. The third-order valence-corrected chi connectivity index (χ3v) is 30.1. The number of benzene rings is 19. The highest BCUT2D eigenvalue weighted by atomic mass is 32.1. The zero-order chi connectivity index (χ0) is 94.2. The van der Waals surface area contributed by atoms with Crippen LogP contribution in [0.5, 0.6) is 0 Å². The van der Waals surface area contributed by atoms with Crippen LogP contribution in [0.1, 0.15) is 25.0 Å². The van der Waals surface area contributed by atoms with E-state index >= 15 is 0 Å². The van der Waals surface area contributed by atoms with Crippen LogP contribution < -0.4 is 0 Å². The highest BCUT2D eigenvalue weighted by molar-refractivity contribution is 7.25. The first kappa shape index (κ1) is 81.4. The van der Waals surface area contributed by atoms with Gasteiger partial charge in [-0.2, -0.15) is 0 Å².